The number of anilines is 2. The van der Waals surface area contributed by atoms with E-state index in [-0.39, 0.29) is 17.8 Å². The van der Waals surface area contributed by atoms with E-state index < -0.39 is 33.7 Å². The van der Waals surface area contributed by atoms with Crippen molar-refractivity contribution < 1.29 is 26.4 Å². The number of hydrogen-bond acceptors (Lipinski definition) is 3. The third kappa shape index (κ3) is 5.39. The molecule has 2 aromatic rings. The summed E-state index contributed by atoms with van der Waals surface area (Å²) in [5, 5.41) is 2.76. The van der Waals surface area contributed by atoms with Gasteiger partial charge in [0, 0.05) is 10.7 Å². The van der Waals surface area contributed by atoms with E-state index in [2.05, 4.69) is 5.32 Å². The highest BCUT2D eigenvalue weighted by molar-refractivity contribution is 7.92. The summed E-state index contributed by atoms with van der Waals surface area (Å²) in [6, 6.07) is 8.82. The third-order valence-electron chi connectivity index (χ3n) is 3.87. The fraction of sp³-hybridized carbons (Fsp3) is 0.278. The Morgan fingerprint density at radius 2 is 1.79 bits per heavy atom. The molecule has 1 N–H and O–H groups in total. The van der Waals surface area contributed by atoms with Gasteiger partial charge in [0.25, 0.3) is 0 Å². The predicted molar refractivity (Wildman–Crippen MR) is 103 cm³/mol. The average Bonchev–Trinajstić information content (AvgIpc) is 2.59. The number of rotatable bonds is 6. The van der Waals surface area contributed by atoms with Gasteiger partial charge in [-0.3, -0.25) is 9.10 Å². The first-order valence-corrected chi connectivity index (χ1v) is 10.4. The number of nitrogens with one attached hydrogen (secondary N) is 1. The standard InChI is InChI=1S/C18H18ClF3N2O3S/c1-3-16(24(28(2,26)27)15-9-7-13(19)8-10-15)17(25)23-14-6-4-5-12(11-14)18(20,21)22/h4-11,16H,3H2,1-2H3,(H,23,25)/t16-/m0/s1. The Morgan fingerprint density at radius 1 is 1.18 bits per heavy atom. The van der Waals surface area contributed by atoms with E-state index in [4.69, 9.17) is 11.6 Å². The molecule has 0 fully saturated rings. The molecule has 0 bridgehead atoms. The molecule has 5 nitrogen and oxygen atoms in total. The molecule has 152 valence electrons. The zero-order chi connectivity index (χ0) is 21.1. The number of nitrogens with zero attached hydrogens (tertiary/aromatic N) is 1. The second kappa shape index (κ2) is 8.40. The summed E-state index contributed by atoms with van der Waals surface area (Å²) in [6.45, 7) is 1.60. The molecule has 0 aliphatic carbocycles. The van der Waals surface area contributed by atoms with Crippen LogP contribution in [0.25, 0.3) is 0 Å². The Morgan fingerprint density at radius 3 is 2.29 bits per heavy atom. The van der Waals surface area contributed by atoms with Crippen molar-refractivity contribution >= 4 is 38.9 Å². The van der Waals surface area contributed by atoms with Crippen molar-refractivity contribution in [1.29, 1.82) is 0 Å². The second-order valence-corrected chi connectivity index (χ2v) is 8.32. The zero-order valence-electron chi connectivity index (χ0n) is 15.0. The SMILES string of the molecule is CC[C@@H](C(=O)Nc1cccc(C(F)(F)F)c1)N(c1ccc(Cl)cc1)S(C)(=O)=O. The van der Waals surface area contributed by atoms with E-state index in [1.165, 1.54) is 30.3 Å². The summed E-state index contributed by atoms with van der Waals surface area (Å²) in [5.41, 5.74) is -0.781. The molecule has 1 amide bonds. The summed E-state index contributed by atoms with van der Waals surface area (Å²) in [5.74, 6) is -0.748. The van der Waals surface area contributed by atoms with Gasteiger partial charge in [0.1, 0.15) is 6.04 Å². The number of halogens is 4. The van der Waals surface area contributed by atoms with Crippen LogP contribution in [0.2, 0.25) is 5.02 Å². The minimum atomic E-state index is -4.56. The number of carbonyl (C=O) groups excluding carboxylic acids is 1. The predicted octanol–water partition coefficient (Wildman–Crippen LogP) is 4.54. The maximum atomic E-state index is 12.9. The van der Waals surface area contributed by atoms with Gasteiger partial charge < -0.3 is 5.32 Å². The van der Waals surface area contributed by atoms with E-state index in [1.807, 2.05) is 0 Å². The maximum absolute atomic E-state index is 12.9. The number of amides is 1. The van der Waals surface area contributed by atoms with E-state index in [0.29, 0.717) is 5.02 Å². The van der Waals surface area contributed by atoms with Gasteiger partial charge in [-0.05, 0) is 48.9 Å². The van der Waals surface area contributed by atoms with Crippen molar-refractivity contribution in [1.82, 2.24) is 0 Å². The highest BCUT2D eigenvalue weighted by Gasteiger charge is 2.33. The third-order valence-corrected chi connectivity index (χ3v) is 5.30. The number of alkyl halides is 3. The van der Waals surface area contributed by atoms with Crippen LogP contribution in [0.4, 0.5) is 24.5 Å². The Hall–Kier alpha value is -2.26. The molecule has 2 aromatic carbocycles. The topological polar surface area (TPSA) is 66.5 Å². The molecule has 10 heteroatoms. The fourth-order valence-electron chi connectivity index (χ4n) is 2.65. The lowest BCUT2D eigenvalue weighted by molar-refractivity contribution is -0.137. The van der Waals surface area contributed by atoms with Crippen LogP contribution in [-0.4, -0.2) is 26.6 Å². The van der Waals surface area contributed by atoms with E-state index in [9.17, 15) is 26.4 Å². The molecule has 0 saturated carbocycles. The van der Waals surface area contributed by atoms with E-state index in [0.717, 1.165) is 28.8 Å². The van der Waals surface area contributed by atoms with Crippen molar-refractivity contribution in [3.05, 3.63) is 59.1 Å². The summed E-state index contributed by atoms with van der Waals surface area (Å²) < 4.78 is 64.1. The molecule has 0 aliphatic heterocycles. The van der Waals surface area contributed by atoms with Crippen LogP contribution < -0.4 is 9.62 Å². The van der Waals surface area contributed by atoms with Gasteiger partial charge in [-0.1, -0.05) is 24.6 Å². The van der Waals surface area contributed by atoms with Crippen LogP contribution in [0.3, 0.4) is 0 Å². The Kier molecular flexibility index (Phi) is 6.61. The summed E-state index contributed by atoms with van der Waals surface area (Å²) in [6.07, 6.45) is -3.52. The van der Waals surface area contributed by atoms with Gasteiger partial charge >= 0.3 is 6.18 Å². The van der Waals surface area contributed by atoms with Gasteiger partial charge in [-0.15, -0.1) is 0 Å². The molecule has 1 atom stereocenters. The normalized spacial score (nSPS) is 13.1. The van der Waals surface area contributed by atoms with E-state index >= 15 is 0 Å². The molecule has 0 aromatic heterocycles. The highest BCUT2D eigenvalue weighted by Crippen LogP contribution is 2.31. The molecular formula is C18H18ClF3N2O3S. The van der Waals surface area contributed by atoms with Crippen LogP contribution in [-0.2, 0) is 21.0 Å². The van der Waals surface area contributed by atoms with Gasteiger partial charge in [-0.2, -0.15) is 13.2 Å². The molecule has 0 unspecified atom stereocenters. The fourth-order valence-corrected chi connectivity index (χ4v) is 3.98. The molecule has 28 heavy (non-hydrogen) atoms. The van der Waals surface area contributed by atoms with Crippen molar-refractivity contribution in [3.63, 3.8) is 0 Å². The number of hydrogen-bond donors (Lipinski definition) is 1. The van der Waals surface area contributed by atoms with Crippen LogP contribution in [0.5, 0.6) is 0 Å². The molecular weight excluding hydrogens is 417 g/mol. The Labute approximate surface area is 166 Å². The summed E-state index contributed by atoms with van der Waals surface area (Å²) in [4.78, 5) is 12.7. The highest BCUT2D eigenvalue weighted by atomic mass is 35.5. The van der Waals surface area contributed by atoms with Crippen molar-refractivity contribution in [2.45, 2.75) is 25.6 Å². The first-order valence-electron chi connectivity index (χ1n) is 8.16. The van der Waals surface area contributed by atoms with Gasteiger partial charge in [0.2, 0.25) is 15.9 Å². The average molecular weight is 435 g/mol. The monoisotopic (exact) mass is 434 g/mol. The number of carbonyl (C=O) groups is 1. The number of sulfonamides is 1. The lowest BCUT2D eigenvalue weighted by atomic mass is 10.1. The lowest BCUT2D eigenvalue weighted by Crippen LogP contribution is -2.47. The van der Waals surface area contributed by atoms with Crippen LogP contribution in [0.15, 0.2) is 48.5 Å². The van der Waals surface area contributed by atoms with Gasteiger partial charge in [0.15, 0.2) is 0 Å². The smallest absolute Gasteiger partial charge is 0.324 e. The molecule has 0 radical (unpaired) electrons. The first kappa shape index (κ1) is 22.0. The van der Waals surface area contributed by atoms with Gasteiger partial charge in [0.05, 0.1) is 17.5 Å². The van der Waals surface area contributed by atoms with Crippen LogP contribution >= 0.6 is 11.6 Å². The Balaban J connectivity index is 2.36. The molecule has 0 aliphatic rings. The second-order valence-electron chi connectivity index (χ2n) is 6.03. The van der Waals surface area contributed by atoms with Crippen LogP contribution in [0.1, 0.15) is 18.9 Å². The lowest BCUT2D eigenvalue weighted by Gasteiger charge is -2.30. The van der Waals surface area contributed by atoms with Crippen molar-refractivity contribution in [3.8, 4) is 0 Å². The van der Waals surface area contributed by atoms with Crippen LogP contribution in [0, 0.1) is 0 Å². The zero-order valence-corrected chi connectivity index (χ0v) is 16.6. The Bertz CT molecular complexity index is 947. The largest absolute Gasteiger partial charge is 0.416 e. The number of benzene rings is 2. The van der Waals surface area contributed by atoms with Crippen molar-refractivity contribution in [2.24, 2.45) is 0 Å². The maximum Gasteiger partial charge on any atom is 0.416 e. The van der Waals surface area contributed by atoms with Gasteiger partial charge in [-0.25, -0.2) is 8.42 Å². The first-order chi connectivity index (χ1) is 12.9. The minimum absolute atomic E-state index is 0.0807. The van der Waals surface area contributed by atoms with Crippen molar-refractivity contribution in [2.75, 3.05) is 15.9 Å². The molecule has 2 rings (SSSR count). The summed E-state index contributed by atoms with van der Waals surface area (Å²) in [7, 11) is -3.86. The molecule has 0 saturated heterocycles. The quantitative estimate of drug-likeness (QED) is 0.725. The molecule has 0 spiro atoms. The summed E-state index contributed by atoms with van der Waals surface area (Å²) >= 11 is 5.83. The van der Waals surface area contributed by atoms with E-state index in [1.54, 1.807) is 6.92 Å². The molecule has 0 heterocycles. The minimum Gasteiger partial charge on any atom is -0.324 e.